The van der Waals surface area contributed by atoms with Gasteiger partial charge in [0.2, 0.25) is 0 Å². The topological polar surface area (TPSA) is 46.2 Å². The van der Waals surface area contributed by atoms with E-state index in [0.29, 0.717) is 5.92 Å². The fourth-order valence-corrected chi connectivity index (χ4v) is 3.12. The smallest absolute Gasteiger partial charge is 0.0765 e. The van der Waals surface area contributed by atoms with Crippen molar-refractivity contribution in [2.24, 2.45) is 5.73 Å². The molecule has 2 bridgehead atoms. The minimum absolute atomic E-state index is 0.0522. The number of hydrogen-bond acceptors (Lipinski definition) is 2. The van der Waals surface area contributed by atoms with Gasteiger partial charge in [0.05, 0.1) is 6.10 Å². The fourth-order valence-electron chi connectivity index (χ4n) is 3.12. The van der Waals surface area contributed by atoms with E-state index in [2.05, 4.69) is 24.3 Å². The van der Waals surface area contributed by atoms with Crippen LogP contribution in [0.3, 0.4) is 0 Å². The van der Waals surface area contributed by atoms with Gasteiger partial charge in [-0.25, -0.2) is 0 Å². The molecule has 3 N–H and O–H groups in total. The summed E-state index contributed by atoms with van der Waals surface area (Å²) in [4.78, 5) is 0. The van der Waals surface area contributed by atoms with Crippen LogP contribution in [0.4, 0.5) is 0 Å². The molecule has 1 aromatic rings. The second kappa shape index (κ2) is 2.81. The van der Waals surface area contributed by atoms with Crippen LogP contribution in [0.5, 0.6) is 0 Å². The van der Waals surface area contributed by atoms with Crippen LogP contribution in [0.15, 0.2) is 24.3 Å². The Kier molecular flexibility index (Phi) is 1.70. The third-order valence-corrected chi connectivity index (χ3v) is 3.85. The molecule has 4 atom stereocenters. The highest BCUT2D eigenvalue weighted by atomic mass is 16.3. The Bertz CT molecular complexity index is 328. The van der Waals surface area contributed by atoms with Gasteiger partial charge in [0.1, 0.15) is 0 Å². The molecule has 1 aromatic carbocycles. The molecule has 0 heterocycles. The van der Waals surface area contributed by atoms with Gasteiger partial charge in [0, 0.05) is 17.9 Å². The molecule has 14 heavy (non-hydrogen) atoms. The van der Waals surface area contributed by atoms with Crippen LogP contribution < -0.4 is 5.73 Å². The average Bonchev–Trinajstić information content (AvgIpc) is 2.24. The van der Waals surface area contributed by atoms with Gasteiger partial charge in [-0.1, -0.05) is 24.3 Å². The summed E-state index contributed by atoms with van der Waals surface area (Å²) in [5.74, 6) is 0.664. The van der Waals surface area contributed by atoms with Gasteiger partial charge in [-0.05, 0) is 24.0 Å². The van der Waals surface area contributed by atoms with Crippen molar-refractivity contribution in [1.29, 1.82) is 0 Å². The highest BCUT2D eigenvalue weighted by molar-refractivity contribution is 5.41. The standard InChI is InChI=1S/C12H15NO/c13-11-9-5-6-10(12(11)14)8-4-2-1-3-7(8)9/h1-4,9-12,14H,5-6,13H2/t9-,10+,11-,12-/m1/s1. The number of aliphatic hydroxyl groups is 1. The second-order valence-corrected chi connectivity index (χ2v) is 4.49. The van der Waals surface area contributed by atoms with Crippen molar-refractivity contribution in [3.63, 3.8) is 0 Å². The van der Waals surface area contributed by atoms with E-state index in [1.54, 1.807) is 0 Å². The van der Waals surface area contributed by atoms with Crippen molar-refractivity contribution in [3.05, 3.63) is 35.4 Å². The minimum Gasteiger partial charge on any atom is -0.391 e. The predicted molar refractivity (Wildman–Crippen MR) is 55.1 cm³/mol. The van der Waals surface area contributed by atoms with Crippen molar-refractivity contribution in [2.45, 2.75) is 36.8 Å². The molecule has 2 heteroatoms. The van der Waals surface area contributed by atoms with Crippen LogP contribution in [0.1, 0.15) is 35.8 Å². The van der Waals surface area contributed by atoms with Crippen molar-refractivity contribution in [3.8, 4) is 0 Å². The summed E-state index contributed by atoms with van der Waals surface area (Å²) in [6.07, 6.45) is 1.90. The molecule has 0 unspecified atom stereocenters. The van der Waals surface area contributed by atoms with Gasteiger partial charge in [-0.3, -0.25) is 0 Å². The molecule has 3 aliphatic rings. The molecular formula is C12H15NO. The lowest BCUT2D eigenvalue weighted by Gasteiger charge is -2.46. The number of aliphatic hydroxyl groups excluding tert-OH is 1. The zero-order valence-corrected chi connectivity index (χ0v) is 8.06. The first-order valence-corrected chi connectivity index (χ1v) is 5.31. The van der Waals surface area contributed by atoms with Crippen LogP contribution in [0, 0.1) is 0 Å². The first kappa shape index (κ1) is 8.45. The molecular weight excluding hydrogens is 174 g/mol. The Morgan fingerprint density at radius 1 is 1.07 bits per heavy atom. The van der Waals surface area contributed by atoms with Crippen LogP contribution >= 0.6 is 0 Å². The van der Waals surface area contributed by atoms with Crippen LogP contribution in [0.2, 0.25) is 0 Å². The quantitative estimate of drug-likeness (QED) is 0.647. The van der Waals surface area contributed by atoms with Gasteiger partial charge in [0.15, 0.2) is 0 Å². The maximum atomic E-state index is 9.99. The van der Waals surface area contributed by atoms with Gasteiger partial charge in [-0.2, -0.15) is 0 Å². The molecule has 0 amide bonds. The molecule has 0 spiro atoms. The highest BCUT2D eigenvalue weighted by Crippen LogP contribution is 2.48. The molecule has 3 aliphatic carbocycles. The molecule has 1 saturated carbocycles. The molecule has 0 aliphatic heterocycles. The van der Waals surface area contributed by atoms with Crippen molar-refractivity contribution < 1.29 is 5.11 Å². The van der Waals surface area contributed by atoms with Crippen LogP contribution in [0.25, 0.3) is 0 Å². The Morgan fingerprint density at radius 2 is 1.64 bits per heavy atom. The van der Waals surface area contributed by atoms with Crippen LogP contribution in [-0.2, 0) is 0 Å². The summed E-state index contributed by atoms with van der Waals surface area (Å²) < 4.78 is 0. The van der Waals surface area contributed by atoms with E-state index in [-0.39, 0.29) is 18.1 Å². The monoisotopic (exact) mass is 189 g/mol. The van der Waals surface area contributed by atoms with E-state index in [1.165, 1.54) is 11.1 Å². The van der Waals surface area contributed by atoms with Gasteiger partial charge < -0.3 is 10.8 Å². The Hall–Kier alpha value is -0.860. The minimum atomic E-state index is -0.330. The van der Waals surface area contributed by atoms with E-state index in [9.17, 15) is 5.11 Å². The number of benzene rings is 1. The van der Waals surface area contributed by atoms with Crippen LogP contribution in [-0.4, -0.2) is 17.3 Å². The first-order chi connectivity index (χ1) is 6.79. The zero-order valence-electron chi connectivity index (χ0n) is 8.06. The largest absolute Gasteiger partial charge is 0.391 e. The van der Waals surface area contributed by atoms with E-state index >= 15 is 0 Å². The lowest BCUT2D eigenvalue weighted by molar-refractivity contribution is 0.0618. The molecule has 2 nitrogen and oxygen atoms in total. The molecule has 1 fully saturated rings. The highest BCUT2D eigenvalue weighted by Gasteiger charge is 2.43. The summed E-state index contributed by atoms with van der Waals surface area (Å²) in [7, 11) is 0. The van der Waals surface area contributed by atoms with Gasteiger partial charge in [-0.15, -0.1) is 0 Å². The Labute approximate surface area is 83.7 Å². The second-order valence-electron chi connectivity index (χ2n) is 4.49. The average molecular weight is 189 g/mol. The van der Waals surface area contributed by atoms with Gasteiger partial charge >= 0.3 is 0 Å². The van der Waals surface area contributed by atoms with E-state index in [1.807, 2.05) is 0 Å². The zero-order chi connectivity index (χ0) is 9.71. The summed E-state index contributed by atoms with van der Waals surface area (Å²) >= 11 is 0. The number of hydrogen-bond donors (Lipinski definition) is 2. The maximum Gasteiger partial charge on any atom is 0.0765 e. The molecule has 4 rings (SSSR count). The molecule has 0 saturated heterocycles. The van der Waals surface area contributed by atoms with Crippen molar-refractivity contribution >= 4 is 0 Å². The van der Waals surface area contributed by atoms with Gasteiger partial charge in [0.25, 0.3) is 0 Å². The first-order valence-electron chi connectivity index (χ1n) is 5.31. The Balaban J connectivity index is 2.17. The lowest BCUT2D eigenvalue weighted by Crippen LogP contribution is -2.50. The maximum absolute atomic E-state index is 9.99. The summed E-state index contributed by atoms with van der Waals surface area (Å²) in [5.41, 5.74) is 8.74. The SMILES string of the molecule is N[C@H]1[C@H](O)[C@H]2CC[C@@H]1c1ccccc12. The van der Waals surface area contributed by atoms with E-state index < -0.39 is 0 Å². The lowest BCUT2D eigenvalue weighted by atomic mass is 9.63. The third kappa shape index (κ3) is 0.928. The Morgan fingerprint density at radius 3 is 2.36 bits per heavy atom. The normalized spacial score (nSPS) is 39.6. The van der Waals surface area contributed by atoms with Crippen molar-refractivity contribution in [2.75, 3.05) is 0 Å². The van der Waals surface area contributed by atoms with E-state index in [4.69, 9.17) is 5.73 Å². The number of nitrogens with two attached hydrogens (primary N) is 1. The van der Waals surface area contributed by atoms with Crippen molar-refractivity contribution in [1.82, 2.24) is 0 Å². The predicted octanol–water partition coefficient (Wildman–Crippen LogP) is 1.35. The molecule has 74 valence electrons. The molecule has 0 radical (unpaired) electrons. The third-order valence-electron chi connectivity index (χ3n) is 3.85. The summed E-state index contributed by atoms with van der Waals surface area (Å²) in [5, 5.41) is 9.99. The molecule has 0 aromatic heterocycles. The summed E-state index contributed by atoms with van der Waals surface area (Å²) in [6, 6.07) is 8.37. The van der Waals surface area contributed by atoms with E-state index in [0.717, 1.165) is 12.8 Å². The number of fused-ring (bicyclic) bond motifs is 2. The number of rotatable bonds is 0. The fraction of sp³-hybridized carbons (Fsp3) is 0.500. The summed E-state index contributed by atoms with van der Waals surface area (Å²) in [6.45, 7) is 0.